The van der Waals surface area contributed by atoms with Crippen molar-refractivity contribution in [1.82, 2.24) is 14.9 Å². The summed E-state index contributed by atoms with van der Waals surface area (Å²) in [6, 6.07) is 2.05. The van der Waals surface area contributed by atoms with Gasteiger partial charge in [0.05, 0.1) is 0 Å². The third kappa shape index (κ3) is 3.41. The Labute approximate surface area is 108 Å². The number of nitrogens with zero attached hydrogens (tertiary/aromatic N) is 4. The smallest absolute Gasteiger partial charge is 0.182 e. The molecule has 0 spiro atoms. The quantitative estimate of drug-likeness (QED) is 0.851. The molecule has 0 bridgehead atoms. The maximum absolute atomic E-state index is 8.91. The summed E-state index contributed by atoms with van der Waals surface area (Å²) in [5, 5.41) is 12.1. The lowest BCUT2D eigenvalue weighted by atomic mass is 10.1. The van der Waals surface area contributed by atoms with Crippen LogP contribution in [0.1, 0.15) is 25.5 Å². The number of hydrogen-bond donors (Lipinski definition) is 1. The average molecular weight is 245 g/mol. The second kappa shape index (κ2) is 6.31. The molecule has 1 aromatic heterocycles. The monoisotopic (exact) mass is 245 g/mol. The van der Waals surface area contributed by atoms with E-state index >= 15 is 0 Å². The fraction of sp³-hybridized carbons (Fsp3) is 0.615. The highest BCUT2D eigenvalue weighted by Crippen LogP contribution is 2.12. The second-order valence-corrected chi connectivity index (χ2v) is 4.86. The van der Waals surface area contributed by atoms with Gasteiger partial charge in [-0.1, -0.05) is 6.92 Å². The van der Waals surface area contributed by atoms with Crippen molar-refractivity contribution in [3.63, 3.8) is 0 Å². The van der Waals surface area contributed by atoms with Crippen LogP contribution < -0.4 is 5.32 Å². The Balaban J connectivity index is 1.81. The molecular formula is C13H19N5. The molecule has 0 saturated carbocycles. The van der Waals surface area contributed by atoms with Gasteiger partial charge in [0.1, 0.15) is 6.07 Å². The first-order valence-electron chi connectivity index (χ1n) is 6.47. The SMILES string of the molecule is CC(CNc1nccnc1C#N)CN1CCCC1. The highest BCUT2D eigenvalue weighted by molar-refractivity contribution is 5.46. The van der Waals surface area contributed by atoms with Gasteiger partial charge in [0.2, 0.25) is 0 Å². The minimum Gasteiger partial charge on any atom is -0.367 e. The molecule has 1 atom stereocenters. The van der Waals surface area contributed by atoms with Gasteiger partial charge in [-0.15, -0.1) is 0 Å². The van der Waals surface area contributed by atoms with E-state index in [0.29, 0.717) is 17.4 Å². The summed E-state index contributed by atoms with van der Waals surface area (Å²) in [6.45, 7) is 6.59. The van der Waals surface area contributed by atoms with E-state index < -0.39 is 0 Å². The molecule has 2 heterocycles. The minimum absolute atomic E-state index is 0.367. The van der Waals surface area contributed by atoms with Crippen molar-refractivity contribution in [2.24, 2.45) is 5.92 Å². The van der Waals surface area contributed by atoms with Gasteiger partial charge in [-0.3, -0.25) is 0 Å². The van der Waals surface area contributed by atoms with E-state index in [1.807, 2.05) is 6.07 Å². The summed E-state index contributed by atoms with van der Waals surface area (Å²) in [5.74, 6) is 1.13. The molecule has 1 aliphatic heterocycles. The first-order chi connectivity index (χ1) is 8.79. The number of aromatic nitrogens is 2. The van der Waals surface area contributed by atoms with Crippen molar-refractivity contribution in [1.29, 1.82) is 5.26 Å². The summed E-state index contributed by atoms with van der Waals surface area (Å²) < 4.78 is 0. The third-order valence-electron chi connectivity index (χ3n) is 3.19. The van der Waals surface area contributed by atoms with Gasteiger partial charge in [0.25, 0.3) is 0 Å². The molecule has 0 aliphatic carbocycles. The lowest BCUT2D eigenvalue weighted by Gasteiger charge is -2.20. The van der Waals surface area contributed by atoms with Crippen LogP contribution in [0.3, 0.4) is 0 Å². The van der Waals surface area contributed by atoms with Crippen LogP contribution in [0.2, 0.25) is 0 Å². The maximum atomic E-state index is 8.91. The number of nitriles is 1. The van der Waals surface area contributed by atoms with E-state index in [1.165, 1.54) is 32.1 Å². The Bertz CT molecular complexity index is 420. The average Bonchev–Trinajstić information content (AvgIpc) is 2.89. The van der Waals surface area contributed by atoms with E-state index in [1.54, 1.807) is 6.20 Å². The molecule has 1 unspecified atom stereocenters. The summed E-state index contributed by atoms with van der Waals surface area (Å²) in [7, 11) is 0. The van der Waals surface area contributed by atoms with E-state index in [2.05, 4.69) is 27.1 Å². The lowest BCUT2D eigenvalue weighted by Crippen LogP contribution is -2.29. The summed E-state index contributed by atoms with van der Waals surface area (Å²) in [6.07, 6.45) is 5.79. The minimum atomic E-state index is 0.367. The van der Waals surface area contributed by atoms with Crippen LogP contribution in [-0.2, 0) is 0 Å². The van der Waals surface area contributed by atoms with Crippen LogP contribution >= 0.6 is 0 Å². The first-order valence-corrected chi connectivity index (χ1v) is 6.47. The van der Waals surface area contributed by atoms with Crippen LogP contribution in [-0.4, -0.2) is 41.0 Å². The molecule has 0 radical (unpaired) electrons. The van der Waals surface area contributed by atoms with Crippen molar-refractivity contribution in [2.45, 2.75) is 19.8 Å². The molecule has 1 fully saturated rings. The van der Waals surface area contributed by atoms with Crippen LogP contribution in [0.15, 0.2) is 12.4 Å². The number of hydrogen-bond acceptors (Lipinski definition) is 5. The zero-order valence-corrected chi connectivity index (χ0v) is 10.8. The summed E-state index contributed by atoms with van der Waals surface area (Å²) in [5.41, 5.74) is 0.367. The Hall–Kier alpha value is -1.67. The number of rotatable bonds is 5. The molecule has 1 saturated heterocycles. The van der Waals surface area contributed by atoms with Crippen molar-refractivity contribution < 1.29 is 0 Å². The topological polar surface area (TPSA) is 64.8 Å². The van der Waals surface area contributed by atoms with Gasteiger partial charge in [-0.05, 0) is 31.8 Å². The molecule has 18 heavy (non-hydrogen) atoms. The van der Waals surface area contributed by atoms with Crippen molar-refractivity contribution in [3.05, 3.63) is 18.1 Å². The van der Waals surface area contributed by atoms with Crippen molar-refractivity contribution in [3.8, 4) is 6.07 Å². The molecule has 96 valence electrons. The molecule has 1 N–H and O–H groups in total. The summed E-state index contributed by atoms with van der Waals surface area (Å²) in [4.78, 5) is 10.6. The largest absolute Gasteiger partial charge is 0.367 e. The van der Waals surface area contributed by atoms with Gasteiger partial charge < -0.3 is 10.2 Å². The number of likely N-dealkylation sites (tertiary alicyclic amines) is 1. The van der Waals surface area contributed by atoms with Crippen LogP contribution in [0.25, 0.3) is 0 Å². The van der Waals surface area contributed by atoms with Gasteiger partial charge in [-0.2, -0.15) is 5.26 Å². The molecule has 5 nitrogen and oxygen atoms in total. The zero-order valence-electron chi connectivity index (χ0n) is 10.8. The predicted molar refractivity (Wildman–Crippen MR) is 70.1 cm³/mol. The molecule has 1 aliphatic rings. The Morgan fingerprint density at radius 1 is 1.39 bits per heavy atom. The lowest BCUT2D eigenvalue weighted by molar-refractivity contribution is 0.294. The highest BCUT2D eigenvalue weighted by atomic mass is 15.1. The fourth-order valence-electron chi connectivity index (χ4n) is 2.29. The molecule has 2 rings (SSSR count). The van der Waals surface area contributed by atoms with E-state index in [-0.39, 0.29) is 0 Å². The van der Waals surface area contributed by atoms with E-state index in [9.17, 15) is 0 Å². The fourth-order valence-corrected chi connectivity index (χ4v) is 2.29. The number of anilines is 1. The molecule has 1 aromatic rings. The van der Waals surface area contributed by atoms with Gasteiger partial charge in [0.15, 0.2) is 11.5 Å². The van der Waals surface area contributed by atoms with Crippen molar-refractivity contribution in [2.75, 3.05) is 31.5 Å². The number of nitrogens with one attached hydrogen (secondary N) is 1. The van der Waals surface area contributed by atoms with E-state index in [4.69, 9.17) is 5.26 Å². The van der Waals surface area contributed by atoms with Gasteiger partial charge in [0, 0.05) is 25.5 Å². The van der Waals surface area contributed by atoms with E-state index in [0.717, 1.165) is 13.1 Å². The molecular weight excluding hydrogens is 226 g/mol. The standard InChI is InChI=1S/C13H19N5/c1-11(10-18-6-2-3-7-18)9-17-13-12(8-14)15-4-5-16-13/h4-5,11H,2-3,6-7,9-10H2,1H3,(H,16,17). The normalized spacial score (nSPS) is 17.3. The molecule has 0 aromatic carbocycles. The Morgan fingerprint density at radius 3 is 2.83 bits per heavy atom. The van der Waals surface area contributed by atoms with Gasteiger partial charge in [-0.25, -0.2) is 9.97 Å². The van der Waals surface area contributed by atoms with Crippen LogP contribution in [0.4, 0.5) is 5.82 Å². The molecule has 0 amide bonds. The van der Waals surface area contributed by atoms with Crippen LogP contribution in [0, 0.1) is 17.2 Å². The summed E-state index contributed by atoms with van der Waals surface area (Å²) >= 11 is 0. The predicted octanol–water partition coefficient (Wildman–Crippen LogP) is 1.49. The maximum Gasteiger partial charge on any atom is 0.182 e. The third-order valence-corrected chi connectivity index (χ3v) is 3.19. The Kier molecular flexibility index (Phi) is 4.48. The van der Waals surface area contributed by atoms with Crippen molar-refractivity contribution >= 4 is 5.82 Å². The zero-order chi connectivity index (χ0) is 12.8. The second-order valence-electron chi connectivity index (χ2n) is 4.86. The first kappa shape index (κ1) is 12.8. The highest BCUT2D eigenvalue weighted by Gasteiger charge is 2.15. The van der Waals surface area contributed by atoms with Crippen LogP contribution in [0.5, 0.6) is 0 Å². The molecule has 5 heteroatoms. The Morgan fingerprint density at radius 2 is 2.11 bits per heavy atom. The van der Waals surface area contributed by atoms with Gasteiger partial charge >= 0.3 is 0 Å².